The quantitative estimate of drug-likeness (QED) is 0.512. The van der Waals surface area contributed by atoms with Gasteiger partial charge in [0.05, 0.1) is 29.8 Å². The van der Waals surface area contributed by atoms with Gasteiger partial charge in [0.25, 0.3) is 5.91 Å². The van der Waals surface area contributed by atoms with Gasteiger partial charge in [0.1, 0.15) is 17.5 Å². The Morgan fingerprint density at radius 2 is 1.88 bits per heavy atom. The molecule has 7 nitrogen and oxygen atoms in total. The van der Waals surface area contributed by atoms with Crippen LogP contribution in [0.5, 0.6) is 0 Å². The van der Waals surface area contributed by atoms with E-state index in [4.69, 9.17) is 33.7 Å². The number of benzene rings is 1. The van der Waals surface area contributed by atoms with Crippen LogP contribution in [-0.4, -0.2) is 42.2 Å². The molecule has 3 heterocycles. The highest BCUT2D eigenvalue weighted by molar-refractivity contribution is 6.36. The summed E-state index contributed by atoms with van der Waals surface area (Å²) in [7, 11) is 0. The average Bonchev–Trinajstić information content (AvgIpc) is 2.82. The van der Waals surface area contributed by atoms with E-state index in [1.165, 1.54) is 12.1 Å². The SMILES string of the molecule is CC(NC(=O)c1cc(-c2ccc(N3CCOCC3)nc2)cnc1N)c1c(Cl)ccc(F)c1Cl. The van der Waals surface area contributed by atoms with Crippen LogP contribution in [0.4, 0.5) is 16.0 Å². The van der Waals surface area contributed by atoms with Gasteiger partial charge >= 0.3 is 0 Å². The average molecular weight is 490 g/mol. The van der Waals surface area contributed by atoms with Crippen LogP contribution in [-0.2, 0) is 4.74 Å². The van der Waals surface area contributed by atoms with E-state index < -0.39 is 17.8 Å². The number of morpholine rings is 1. The van der Waals surface area contributed by atoms with Crippen molar-refractivity contribution in [3.8, 4) is 11.1 Å². The van der Waals surface area contributed by atoms with Crippen molar-refractivity contribution in [2.24, 2.45) is 0 Å². The Labute approximate surface area is 200 Å². The van der Waals surface area contributed by atoms with Crippen LogP contribution in [0.15, 0.2) is 42.7 Å². The standard InChI is InChI=1S/C23H22Cl2FN5O2/c1-13(20-17(24)3-4-18(26)21(20)25)30-23(32)16-10-15(12-29-22(16)27)14-2-5-19(28-11-14)31-6-8-33-9-7-31/h2-5,10-13H,6-9H2,1H3,(H2,27,29)(H,30,32). The second-order valence-electron chi connectivity index (χ2n) is 7.61. The number of pyridine rings is 2. The van der Waals surface area contributed by atoms with E-state index in [9.17, 15) is 9.18 Å². The van der Waals surface area contributed by atoms with Gasteiger partial charge in [-0.05, 0) is 37.3 Å². The van der Waals surface area contributed by atoms with Crippen molar-refractivity contribution in [1.82, 2.24) is 15.3 Å². The highest BCUT2D eigenvalue weighted by Crippen LogP contribution is 2.33. The van der Waals surface area contributed by atoms with E-state index in [0.29, 0.717) is 18.8 Å². The van der Waals surface area contributed by atoms with E-state index in [2.05, 4.69) is 20.2 Å². The Hall–Kier alpha value is -2.94. The van der Waals surface area contributed by atoms with Crippen molar-refractivity contribution < 1.29 is 13.9 Å². The number of anilines is 2. The maximum absolute atomic E-state index is 13.9. The van der Waals surface area contributed by atoms with Gasteiger partial charge in [-0.15, -0.1) is 0 Å². The highest BCUT2D eigenvalue weighted by atomic mass is 35.5. The van der Waals surface area contributed by atoms with Crippen molar-refractivity contribution in [1.29, 1.82) is 0 Å². The summed E-state index contributed by atoms with van der Waals surface area (Å²) < 4.78 is 19.3. The fraction of sp³-hybridized carbons (Fsp3) is 0.261. The van der Waals surface area contributed by atoms with Gasteiger partial charge in [0.15, 0.2) is 0 Å². The molecule has 10 heteroatoms. The lowest BCUT2D eigenvalue weighted by atomic mass is 10.1. The van der Waals surface area contributed by atoms with Gasteiger partial charge in [-0.2, -0.15) is 0 Å². The van der Waals surface area contributed by atoms with Crippen LogP contribution in [0.25, 0.3) is 11.1 Å². The summed E-state index contributed by atoms with van der Waals surface area (Å²) in [4.78, 5) is 23.8. The lowest BCUT2D eigenvalue weighted by Crippen LogP contribution is -2.36. The Kier molecular flexibility index (Phi) is 6.97. The minimum absolute atomic E-state index is 0.0674. The number of carbonyl (C=O) groups is 1. The van der Waals surface area contributed by atoms with Crippen molar-refractivity contribution in [2.45, 2.75) is 13.0 Å². The second-order valence-corrected chi connectivity index (χ2v) is 8.40. The van der Waals surface area contributed by atoms with Crippen molar-refractivity contribution in [3.63, 3.8) is 0 Å². The number of amides is 1. The van der Waals surface area contributed by atoms with Gasteiger partial charge in [0, 0.05) is 47.2 Å². The topological polar surface area (TPSA) is 93.4 Å². The Morgan fingerprint density at radius 1 is 1.15 bits per heavy atom. The predicted octanol–water partition coefficient (Wildman–Crippen LogP) is 4.50. The van der Waals surface area contributed by atoms with E-state index in [1.54, 1.807) is 25.4 Å². The first-order valence-corrected chi connectivity index (χ1v) is 11.1. The minimum Gasteiger partial charge on any atom is -0.383 e. The third-order valence-corrected chi connectivity index (χ3v) is 6.15. The number of aromatic nitrogens is 2. The number of nitrogens with zero attached hydrogens (tertiary/aromatic N) is 3. The maximum atomic E-state index is 13.9. The van der Waals surface area contributed by atoms with E-state index in [-0.39, 0.29) is 27.0 Å². The molecule has 1 atom stereocenters. The van der Waals surface area contributed by atoms with Crippen LogP contribution < -0.4 is 16.0 Å². The summed E-state index contributed by atoms with van der Waals surface area (Å²) in [5.41, 5.74) is 7.91. The second kappa shape index (κ2) is 9.91. The van der Waals surface area contributed by atoms with Crippen LogP contribution in [0.3, 0.4) is 0 Å². The number of rotatable bonds is 5. The number of nitrogens with one attached hydrogen (secondary N) is 1. The molecule has 3 aromatic rings. The summed E-state index contributed by atoms with van der Waals surface area (Å²) in [6.07, 6.45) is 3.32. The lowest BCUT2D eigenvalue weighted by Gasteiger charge is -2.27. The first-order chi connectivity index (χ1) is 15.8. The molecule has 1 aliphatic rings. The molecule has 1 unspecified atom stereocenters. The van der Waals surface area contributed by atoms with Crippen molar-refractivity contribution in [2.75, 3.05) is 36.9 Å². The molecule has 1 fully saturated rings. The van der Waals surface area contributed by atoms with Crippen LogP contribution >= 0.6 is 23.2 Å². The number of carbonyl (C=O) groups excluding carboxylic acids is 1. The number of ether oxygens (including phenoxy) is 1. The largest absolute Gasteiger partial charge is 0.383 e. The van der Waals surface area contributed by atoms with Crippen molar-refractivity contribution in [3.05, 3.63) is 69.7 Å². The fourth-order valence-electron chi connectivity index (χ4n) is 3.64. The van der Waals surface area contributed by atoms with E-state index in [1.807, 2.05) is 12.1 Å². The van der Waals surface area contributed by atoms with Crippen LogP contribution in [0, 0.1) is 5.82 Å². The van der Waals surface area contributed by atoms with E-state index >= 15 is 0 Å². The molecular weight excluding hydrogens is 468 g/mol. The van der Waals surface area contributed by atoms with Gasteiger partial charge < -0.3 is 20.7 Å². The molecule has 2 aromatic heterocycles. The molecule has 0 radical (unpaired) electrons. The van der Waals surface area contributed by atoms with Gasteiger partial charge in [-0.1, -0.05) is 23.2 Å². The van der Waals surface area contributed by atoms with Gasteiger partial charge in [-0.25, -0.2) is 14.4 Å². The minimum atomic E-state index is -0.661. The zero-order chi connectivity index (χ0) is 23.5. The zero-order valence-electron chi connectivity index (χ0n) is 17.8. The molecule has 0 aliphatic carbocycles. The molecule has 33 heavy (non-hydrogen) atoms. The first kappa shape index (κ1) is 23.2. The predicted molar refractivity (Wildman–Crippen MR) is 127 cm³/mol. The number of nitrogen functional groups attached to an aromatic ring is 1. The molecule has 1 amide bonds. The van der Waals surface area contributed by atoms with E-state index in [0.717, 1.165) is 24.5 Å². The molecule has 1 aliphatic heterocycles. The fourth-order valence-corrected chi connectivity index (χ4v) is 4.34. The van der Waals surface area contributed by atoms with Crippen molar-refractivity contribution >= 4 is 40.7 Å². The molecule has 0 spiro atoms. The summed E-state index contributed by atoms with van der Waals surface area (Å²) >= 11 is 12.2. The molecule has 0 saturated carbocycles. The third kappa shape index (κ3) is 5.03. The first-order valence-electron chi connectivity index (χ1n) is 10.3. The lowest BCUT2D eigenvalue weighted by molar-refractivity contribution is 0.0940. The molecule has 3 N–H and O–H groups in total. The van der Waals surface area contributed by atoms with Crippen LogP contribution in [0.2, 0.25) is 10.0 Å². The summed E-state index contributed by atoms with van der Waals surface area (Å²) in [5, 5.41) is 2.88. The number of hydrogen-bond acceptors (Lipinski definition) is 6. The Balaban J connectivity index is 1.55. The molecule has 0 bridgehead atoms. The third-order valence-electron chi connectivity index (χ3n) is 5.44. The molecule has 1 saturated heterocycles. The maximum Gasteiger partial charge on any atom is 0.255 e. The number of nitrogens with two attached hydrogens (primary N) is 1. The highest BCUT2D eigenvalue weighted by Gasteiger charge is 2.21. The Morgan fingerprint density at radius 3 is 2.58 bits per heavy atom. The summed E-state index contributed by atoms with van der Waals surface area (Å²) in [5.74, 6) is -0.170. The molecule has 1 aromatic carbocycles. The molecular formula is C23H22Cl2FN5O2. The van der Waals surface area contributed by atoms with Crippen LogP contribution in [0.1, 0.15) is 28.9 Å². The van der Waals surface area contributed by atoms with Gasteiger partial charge in [-0.3, -0.25) is 4.79 Å². The number of halogens is 3. The molecule has 172 valence electrons. The Bertz CT molecular complexity index is 1170. The summed E-state index contributed by atoms with van der Waals surface area (Å²) in [6, 6.07) is 7.39. The van der Waals surface area contributed by atoms with Gasteiger partial charge in [0.2, 0.25) is 0 Å². The zero-order valence-corrected chi connectivity index (χ0v) is 19.3. The number of hydrogen-bond donors (Lipinski definition) is 2. The monoisotopic (exact) mass is 489 g/mol. The normalized spacial score (nSPS) is 14.7. The summed E-state index contributed by atoms with van der Waals surface area (Å²) in [6.45, 7) is 4.59. The molecule has 4 rings (SSSR count). The smallest absolute Gasteiger partial charge is 0.255 e.